The van der Waals surface area contributed by atoms with Gasteiger partial charge in [-0.3, -0.25) is 9.00 Å². The number of hydrogen-bond acceptors (Lipinski definition) is 5. The number of nitrogens with zero attached hydrogens (tertiary/aromatic N) is 2. The van der Waals surface area contributed by atoms with Crippen LogP contribution in [0.25, 0.3) is 0 Å². The Morgan fingerprint density at radius 1 is 1.26 bits per heavy atom. The highest BCUT2D eigenvalue weighted by molar-refractivity contribution is 7.84. The van der Waals surface area contributed by atoms with Crippen molar-refractivity contribution in [2.24, 2.45) is 0 Å². The molecule has 1 heterocycles. The van der Waals surface area contributed by atoms with E-state index in [0.717, 1.165) is 13.0 Å². The van der Waals surface area contributed by atoms with Gasteiger partial charge in [0.2, 0.25) is 0 Å². The molecule has 0 spiro atoms. The summed E-state index contributed by atoms with van der Waals surface area (Å²) in [5, 5.41) is 5.75. The Bertz CT molecular complexity index is 422. The molecule has 2 N–H and O–H groups in total. The molecule has 0 aliphatic rings. The highest BCUT2D eigenvalue weighted by atomic mass is 32.2. The molecule has 0 aliphatic heterocycles. The van der Waals surface area contributed by atoms with Gasteiger partial charge in [0.1, 0.15) is 11.5 Å². The molecular weight excluding hydrogens is 264 g/mol. The van der Waals surface area contributed by atoms with Crippen LogP contribution < -0.4 is 10.6 Å². The average Bonchev–Trinajstić information content (AvgIpc) is 2.45. The number of carbonyl (C=O) groups excluding carboxylic acids is 1. The van der Waals surface area contributed by atoms with E-state index < -0.39 is 10.8 Å². The van der Waals surface area contributed by atoms with Crippen molar-refractivity contribution < 1.29 is 9.00 Å². The summed E-state index contributed by atoms with van der Waals surface area (Å²) < 4.78 is 11.2. The van der Waals surface area contributed by atoms with E-state index in [1.54, 1.807) is 0 Å². The maximum Gasteiger partial charge on any atom is 0.271 e. The summed E-state index contributed by atoms with van der Waals surface area (Å²) >= 11 is 0. The smallest absolute Gasteiger partial charge is 0.271 e. The highest BCUT2D eigenvalue weighted by Crippen LogP contribution is 2.01. The Labute approximate surface area is 115 Å². The zero-order valence-corrected chi connectivity index (χ0v) is 12.1. The van der Waals surface area contributed by atoms with E-state index in [0.29, 0.717) is 23.9 Å². The summed E-state index contributed by atoms with van der Waals surface area (Å²) in [6.45, 7) is 5.12. The summed E-state index contributed by atoms with van der Waals surface area (Å²) in [4.78, 5) is 19.8. The number of anilines is 1. The van der Waals surface area contributed by atoms with Gasteiger partial charge < -0.3 is 10.6 Å². The minimum atomic E-state index is -0.868. The van der Waals surface area contributed by atoms with Gasteiger partial charge in [-0.05, 0) is 6.42 Å². The molecule has 0 bridgehead atoms. The lowest BCUT2D eigenvalue weighted by atomic mass is 10.4. The van der Waals surface area contributed by atoms with E-state index in [9.17, 15) is 9.00 Å². The third-order valence-electron chi connectivity index (χ3n) is 2.38. The molecule has 0 saturated carbocycles. The van der Waals surface area contributed by atoms with E-state index in [1.807, 2.05) is 6.92 Å². The second kappa shape index (κ2) is 8.58. The fourth-order valence-electron chi connectivity index (χ4n) is 1.30. The Morgan fingerprint density at radius 2 is 2.05 bits per heavy atom. The molecule has 106 valence electrons. The average molecular weight is 284 g/mol. The van der Waals surface area contributed by atoms with Crippen LogP contribution in [0.5, 0.6) is 0 Å². The number of hydrogen-bond donors (Lipinski definition) is 2. The molecule has 0 aliphatic carbocycles. The Kier molecular flexibility index (Phi) is 7.02. The van der Waals surface area contributed by atoms with Crippen molar-refractivity contribution in [3.63, 3.8) is 0 Å². The van der Waals surface area contributed by atoms with Crippen molar-refractivity contribution in [2.75, 3.05) is 29.9 Å². The molecular formula is C12H20N4O2S. The highest BCUT2D eigenvalue weighted by Gasteiger charge is 2.07. The molecule has 1 unspecified atom stereocenters. The van der Waals surface area contributed by atoms with E-state index in [1.165, 1.54) is 12.4 Å². The van der Waals surface area contributed by atoms with Gasteiger partial charge in [0.25, 0.3) is 5.91 Å². The molecule has 0 radical (unpaired) electrons. The molecule has 0 fully saturated rings. The van der Waals surface area contributed by atoms with Crippen molar-refractivity contribution in [2.45, 2.75) is 20.3 Å². The van der Waals surface area contributed by atoms with Crippen LogP contribution >= 0.6 is 0 Å². The maximum absolute atomic E-state index is 11.7. The summed E-state index contributed by atoms with van der Waals surface area (Å²) in [6, 6.07) is 0. The van der Waals surface area contributed by atoms with Crippen molar-refractivity contribution >= 4 is 22.5 Å². The van der Waals surface area contributed by atoms with Gasteiger partial charge >= 0.3 is 0 Å². The zero-order valence-electron chi connectivity index (χ0n) is 11.3. The summed E-state index contributed by atoms with van der Waals surface area (Å²) in [5.41, 5.74) is 0.268. The number of carbonyl (C=O) groups is 1. The van der Waals surface area contributed by atoms with Gasteiger partial charge in [-0.15, -0.1) is 0 Å². The molecule has 0 aromatic carbocycles. The monoisotopic (exact) mass is 284 g/mol. The molecule has 19 heavy (non-hydrogen) atoms. The molecule has 1 aromatic rings. The molecule has 1 amide bonds. The summed E-state index contributed by atoms with van der Waals surface area (Å²) in [7, 11) is -0.868. The van der Waals surface area contributed by atoms with Crippen LogP contribution in [0.4, 0.5) is 5.82 Å². The van der Waals surface area contributed by atoms with Gasteiger partial charge in [-0.25, -0.2) is 9.97 Å². The fraction of sp³-hybridized carbons (Fsp3) is 0.583. The van der Waals surface area contributed by atoms with Crippen LogP contribution in [-0.2, 0) is 10.8 Å². The van der Waals surface area contributed by atoms with E-state index in [2.05, 4.69) is 27.5 Å². The normalized spacial score (nSPS) is 11.9. The van der Waals surface area contributed by atoms with Gasteiger partial charge in [-0.1, -0.05) is 13.8 Å². The lowest BCUT2D eigenvalue weighted by molar-refractivity contribution is 0.0951. The molecule has 1 aromatic heterocycles. The minimum Gasteiger partial charge on any atom is -0.369 e. The van der Waals surface area contributed by atoms with Crippen molar-refractivity contribution in [1.29, 1.82) is 0 Å². The van der Waals surface area contributed by atoms with E-state index >= 15 is 0 Å². The Morgan fingerprint density at radius 3 is 2.63 bits per heavy atom. The second-order valence-electron chi connectivity index (χ2n) is 3.90. The topological polar surface area (TPSA) is 84.0 Å². The van der Waals surface area contributed by atoms with Gasteiger partial charge in [0.15, 0.2) is 0 Å². The predicted octanol–water partition coefficient (Wildman–Crippen LogP) is 0.797. The van der Waals surface area contributed by atoms with Crippen molar-refractivity contribution in [3.8, 4) is 0 Å². The first-order valence-electron chi connectivity index (χ1n) is 6.36. The van der Waals surface area contributed by atoms with Gasteiger partial charge in [0, 0.05) is 35.4 Å². The molecule has 1 atom stereocenters. The first-order valence-corrected chi connectivity index (χ1v) is 7.85. The van der Waals surface area contributed by atoms with Crippen LogP contribution in [0, 0.1) is 0 Å². The van der Waals surface area contributed by atoms with E-state index in [4.69, 9.17) is 0 Å². The Hall–Kier alpha value is -1.50. The fourth-order valence-corrected chi connectivity index (χ4v) is 1.92. The van der Waals surface area contributed by atoms with E-state index in [-0.39, 0.29) is 11.6 Å². The predicted molar refractivity (Wildman–Crippen MR) is 76.7 cm³/mol. The Balaban J connectivity index is 2.42. The third kappa shape index (κ3) is 5.78. The number of amides is 1. The SMILES string of the molecule is CCCNc1cnc(C(=O)NCCS(=O)CC)cn1. The first kappa shape index (κ1) is 15.6. The lowest BCUT2D eigenvalue weighted by Crippen LogP contribution is -2.28. The summed E-state index contributed by atoms with van der Waals surface area (Å²) in [6.07, 6.45) is 3.97. The largest absolute Gasteiger partial charge is 0.369 e. The number of rotatable bonds is 8. The van der Waals surface area contributed by atoms with Gasteiger partial charge in [-0.2, -0.15) is 0 Å². The molecule has 1 rings (SSSR count). The molecule has 0 saturated heterocycles. The van der Waals surface area contributed by atoms with Crippen LogP contribution in [0.3, 0.4) is 0 Å². The minimum absolute atomic E-state index is 0.268. The van der Waals surface area contributed by atoms with Crippen LogP contribution in [0.15, 0.2) is 12.4 Å². The maximum atomic E-state index is 11.7. The van der Waals surface area contributed by atoms with Crippen LogP contribution in [-0.4, -0.2) is 44.7 Å². The van der Waals surface area contributed by atoms with Crippen LogP contribution in [0.2, 0.25) is 0 Å². The number of aromatic nitrogens is 2. The first-order chi connectivity index (χ1) is 9.17. The third-order valence-corrected chi connectivity index (χ3v) is 3.68. The molecule has 7 heteroatoms. The number of nitrogens with one attached hydrogen (secondary N) is 2. The lowest BCUT2D eigenvalue weighted by Gasteiger charge is -2.05. The van der Waals surface area contributed by atoms with Gasteiger partial charge in [0.05, 0.1) is 12.4 Å². The summed E-state index contributed by atoms with van der Waals surface area (Å²) in [5.74, 6) is 1.44. The van der Waals surface area contributed by atoms with Crippen molar-refractivity contribution in [3.05, 3.63) is 18.1 Å². The second-order valence-corrected chi connectivity index (χ2v) is 5.77. The van der Waals surface area contributed by atoms with Crippen LogP contribution in [0.1, 0.15) is 30.8 Å². The van der Waals surface area contributed by atoms with Crippen molar-refractivity contribution in [1.82, 2.24) is 15.3 Å². The zero-order chi connectivity index (χ0) is 14.1. The molecule has 6 nitrogen and oxygen atoms in total. The standard InChI is InChI=1S/C12H20N4O2S/c1-3-5-13-11-9-15-10(8-16-11)12(17)14-6-7-19(18)4-2/h8-9H,3-7H2,1-2H3,(H,13,16)(H,14,17). The quantitative estimate of drug-likeness (QED) is 0.737.